The SMILES string of the molecule is CCOC(C(=O)c1ccccc1)c1ccccc1C(OCC)(C(=O)c1ccccc1)c1ccccc1. The van der Waals surface area contributed by atoms with Gasteiger partial charge in [-0.2, -0.15) is 0 Å². The molecule has 0 amide bonds. The molecule has 0 saturated carbocycles. The van der Waals surface area contributed by atoms with Crippen molar-refractivity contribution >= 4 is 11.6 Å². The van der Waals surface area contributed by atoms with Crippen LogP contribution in [0, 0.1) is 0 Å². The molecule has 0 fully saturated rings. The number of hydrogen-bond donors (Lipinski definition) is 0. The monoisotopic (exact) mass is 478 g/mol. The fraction of sp³-hybridized carbons (Fsp3) is 0.188. The number of Topliss-reactive ketones (excluding diaryl/α,β-unsaturated/α-hetero) is 2. The highest BCUT2D eigenvalue weighted by Gasteiger charge is 2.46. The number of ether oxygens (including phenoxy) is 2. The van der Waals surface area contributed by atoms with E-state index in [2.05, 4.69) is 0 Å². The van der Waals surface area contributed by atoms with Crippen LogP contribution in [0.5, 0.6) is 0 Å². The molecule has 0 bridgehead atoms. The number of hydrogen-bond acceptors (Lipinski definition) is 4. The Morgan fingerprint density at radius 1 is 0.667 bits per heavy atom. The van der Waals surface area contributed by atoms with Gasteiger partial charge in [-0.15, -0.1) is 0 Å². The number of benzene rings is 4. The molecule has 0 heterocycles. The number of ketones is 2. The summed E-state index contributed by atoms with van der Waals surface area (Å²) in [6.07, 6.45) is -0.902. The molecule has 4 nitrogen and oxygen atoms in total. The highest BCUT2D eigenvalue weighted by Crippen LogP contribution is 2.42. The molecular weight excluding hydrogens is 448 g/mol. The van der Waals surface area contributed by atoms with Gasteiger partial charge in [-0.25, -0.2) is 0 Å². The molecule has 0 aliphatic rings. The maximum absolute atomic E-state index is 14.4. The molecule has 4 heteroatoms. The van der Waals surface area contributed by atoms with E-state index in [1.807, 2.05) is 105 Å². The Labute approximate surface area is 212 Å². The van der Waals surface area contributed by atoms with Crippen molar-refractivity contribution in [3.63, 3.8) is 0 Å². The van der Waals surface area contributed by atoms with Crippen molar-refractivity contribution < 1.29 is 19.1 Å². The van der Waals surface area contributed by atoms with Crippen molar-refractivity contribution in [1.82, 2.24) is 0 Å². The summed E-state index contributed by atoms with van der Waals surface area (Å²) < 4.78 is 12.5. The standard InChI is InChI=1S/C32H30O4/c1-3-35-30(29(33)24-16-8-5-9-17-24)27-22-14-15-23-28(27)32(36-4-2,26-20-12-7-13-21-26)31(34)25-18-10-6-11-19-25/h5-23,30H,3-4H2,1-2H3. The van der Waals surface area contributed by atoms with Gasteiger partial charge in [0.05, 0.1) is 0 Å². The Morgan fingerprint density at radius 3 is 1.78 bits per heavy atom. The second-order valence-electron chi connectivity index (χ2n) is 8.33. The summed E-state index contributed by atoms with van der Waals surface area (Å²) >= 11 is 0. The van der Waals surface area contributed by atoms with Gasteiger partial charge < -0.3 is 9.47 Å². The van der Waals surface area contributed by atoms with E-state index in [0.29, 0.717) is 34.4 Å². The molecule has 0 aliphatic heterocycles. The minimum atomic E-state index is -1.47. The molecule has 0 spiro atoms. The lowest BCUT2D eigenvalue weighted by molar-refractivity contribution is -0.00245. The fourth-order valence-corrected chi connectivity index (χ4v) is 4.59. The van der Waals surface area contributed by atoms with Gasteiger partial charge in [-0.05, 0) is 25.0 Å². The number of rotatable bonds is 11. The van der Waals surface area contributed by atoms with Gasteiger partial charge in [0.15, 0.2) is 11.4 Å². The summed E-state index contributed by atoms with van der Waals surface area (Å²) in [7, 11) is 0. The van der Waals surface area contributed by atoms with E-state index < -0.39 is 11.7 Å². The summed E-state index contributed by atoms with van der Waals surface area (Å²) in [6.45, 7) is 4.34. The topological polar surface area (TPSA) is 52.6 Å². The zero-order chi connectivity index (χ0) is 25.4. The van der Waals surface area contributed by atoms with Crippen LogP contribution < -0.4 is 0 Å². The summed E-state index contributed by atoms with van der Waals surface area (Å²) in [6, 6.07) is 35.1. The second-order valence-corrected chi connectivity index (χ2v) is 8.33. The third-order valence-corrected chi connectivity index (χ3v) is 6.15. The van der Waals surface area contributed by atoms with Gasteiger partial charge in [0.1, 0.15) is 6.10 Å². The average Bonchev–Trinajstić information content (AvgIpc) is 2.95. The van der Waals surface area contributed by atoms with Crippen molar-refractivity contribution in [3.8, 4) is 0 Å². The number of carbonyl (C=O) groups is 2. The molecular formula is C32H30O4. The predicted molar refractivity (Wildman–Crippen MR) is 141 cm³/mol. The van der Waals surface area contributed by atoms with E-state index >= 15 is 0 Å². The first kappa shape index (κ1) is 25.2. The molecule has 2 atom stereocenters. The van der Waals surface area contributed by atoms with E-state index in [9.17, 15) is 9.59 Å². The zero-order valence-corrected chi connectivity index (χ0v) is 20.6. The minimum Gasteiger partial charge on any atom is -0.366 e. The average molecular weight is 479 g/mol. The third kappa shape index (κ3) is 4.92. The normalized spacial score (nSPS) is 13.5. The molecule has 4 aromatic rings. The van der Waals surface area contributed by atoms with Crippen molar-refractivity contribution in [2.24, 2.45) is 0 Å². The summed E-state index contributed by atoms with van der Waals surface area (Å²) in [5.41, 5.74) is 1.48. The minimum absolute atomic E-state index is 0.171. The van der Waals surface area contributed by atoms with Crippen LogP contribution in [-0.4, -0.2) is 24.8 Å². The Balaban J connectivity index is 1.98. The van der Waals surface area contributed by atoms with Crippen LogP contribution in [0.25, 0.3) is 0 Å². The molecule has 36 heavy (non-hydrogen) atoms. The Bertz CT molecular complexity index is 1290. The highest BCUT2D eigenvalue weighted by molar-refractivity contribution is 6.06. The molecule has 0 N–H and O–H groups in total. The molecule has 0 radical (unpaired) electrons. The van der Waals surface area contributed by atoms with E-state index in [0.717, 1.165) is 0 Å². The molecule has 4 aromatic carbocycles. The molecule has 0 saturated heterocycles. The van der Waals surface area contributed by atoms with Gasteiger partial charge >= 0.3 is 0 Å². The predicted octanol–water partition coefficient (Wildman–Crippen LogP) is 6.81. The third-order valence-electron chi connectivity index (χ3n) is 6.15. The first-order valence-corrected chi connectivity index (χ1v) is 12.2. The van der Waals surface area contributed by atoms with E-state index in [1.54, 1.807) is 24.3 Å². The van der Waals surface area contributed by atoms with Gasteiger partial charge in [0.25, 0.3) is 0 Å². The maximum atomic E-state index is 14.4. The van der Waals surface area contributed by atoms with Crippen LogP contribution in [0.15, 0.2) is 115 Å². The highest BCUT2D eigenvalue weighted by atomic mass is 16.5. The number of carbonyl (C=O) groups excluding carboxylic acids is 2. The first-order valence-electron chi connectivity index (χ1n) is 12.2. The summed E-state index contributed by atoms with van der Waals surface area (Å²) in [5.74, 6) is -0.374. The van der Waals surface area contributed by atoms with Crippen molar-refractivity contribution in [2.75, 3.05) is 13.2 Å². The lowest BCUT2D eigenvalue weighted by atomic mass is 9.76. The molecule has 2 unspecified atom stereocenters. The second kappa shape index (κ2) is 11.7. The van der Waals surface area contributed by atoms with Gasteiger partial charge in [0, 0.05) is 29.9 Å². The zero-order valence-electron chi connectivity index (χ0n) is 20.6. The quantitative estimate of drug-likeness (QED) is 0.222. The van der Waals surface area contributed by atoms with Crippen molar-refractivity contribution in [3.05, 3.63) is 143 Å². The first-order chi connectivity index (χ1) is 17.6. The Kier molecular flexibility index (Phi) is 8.21. The van der Waals surface area contributed by atoms with Gasteiger partial charge in [0.2, 0.25) is 5.78 Å². The Hall–Kier alpha value is -3.86. The van der Waals surface area contributed by atoms with Crippen LogP contribution in [0.2, 0.25) is 0 Å². The van der Waals surface area contributed by atoms with Gasteiger partial charge in [-0.3, -0.25) is 9.59 Å². The molecule has 0 aliphatic carbocycles. The largest absolute Gasteiger partial charge is 0.366 e. The molecule has 182 valence electrons. The summed E-state index contributed by atoms with van der Waals surface area (Å²) in [4.78, 5) is 28.1. The smallest absolute Gasteiger partial charge is 0.203 e. The van der Waals surface area contributed by atoms with E-state index in [1.165, 1.54) is 0 Å². The lowest BCUT2D eigenvalue weighted by Gasteiger charge is -2.36. The fourth-order valence-electron chi connectivity index (χ4n) is 4.59. The van der Waals surface area contributed by atoms with Crippen molar-refractivity contribution in [1.29, 1.82) is 0 Å². The van der Waals surface area contributed by atoms with Crippen LogP contribution in [0.1, 0.15) is 57.4 Å². The van der Waals surface area contributed by atoms with Crippen LogP contribution >= 0.6 is 0 Å². The van der Waals surface area contributed by atoms with Crippen LogP contribution in [-0.2, 0) is 15.1 Å². The van der Waals surface area contributed by atoms with Crippen LogP contribution in [0.4, 0.5) is 0 Å². The van der Waals surface area contributed by atoms with E-state index in [-0.39, 0.29) is 18.2 Å². The maximum Gasteiger partial charge on any atom is 0.203 e. The van der Waals surface area contributed by atoms with Gasteiger partial charge in [-0.1, -0.05) is 115 Å². The summed E-state index contributed by atoms with van der Waals surface area (Å²) in [5, 5.41) is 0. The lowest BCUT2D eigenvalue weighted by Crippen LogP contribution is -2.42. The Morgan fingerprint density at radius 2 is 1.19 bits per heavy atom. The van der Waals surface area contributed by atoms with Crippen LogP contribution in [0.3, 0.4) is 0 Å². The molecule has 0 aromatic heterocycles. The molecule has 4 rings (SSSR count). The van der Waals surface area contributed by atoms with Crippen molar-refractivity contribution in [2.45, 2.75) is 25.6 Å². The van der Waals surface area contributed by atoms with E-state index in [4.69, 9.17) is 9.47 Å².